The summed E-state index contributed by atoms with van der Waals surface area (Å²) in [6.07, 6.45) is 0.557. The highest BCUT2D eigenvalue weighted by atomic mass is 16.6. The van der Waals surface area contributed by atoms with Crippen molar-refractivity contribution in [1.82, 2.24) is 5.32 Å². The molecular weight excluding hydrogens is 430 g/mol. The Morgan fingerprint density at radius 3 is 2.61 bits per heavy atom. The zero-order chi connectivity index (χ0) is 24.3. The van der Waals surface area contributed by atoms with Crippen LogP contribution in [0.4, 0.5) is 0 Å². The minimum absolute atomic E-state index is 0.00250. The first-order valence-electron chi connectivity index (χ1n) is 11.0. The van der Waals surface area contributed by atoms with E-state index in [0.29, 0.717) is 18.4 Å². The van der Waals surface area contributed by atoms with Gasteiger partial charge in [-0.3, -0.25) is 14.4 Å². The summed E-state index contributed by atoms with van der Waals surface area (Å²) in [6, 6.07) is 0. The maximum atomic E-state index is 13.7. The first-order chi connectivity index (χ1) is 15.5. The van der Waals surface area contributed by atoms with Crippen LogP contribution < -0.4 is 5.32 Å². The van der Waals surface area contributed by atoms with Crippen LogP contribution in [0.15, 0.2) is 34.3 Å². The number of aliphatic hydroxyl groups excluding tert-OH is 1. The maximum Gasteiger partial charge on any atom is 0.340 e. The molecule has 5 atom stereocenters. The minimum atomic E-state index is -1.22. The van der Waals surface area contributed by atoms with Crippen molar-refractivity contribution in [2.45, 2.75) is 52.2 Å². The fourth-order valence-corrected chi connectivity index (χ4v) is 6.24. The fraction of sp³-hybridized carbons (Fsp3) is 0.583. The lowest BCUT2D eigenvalue weighted by Gasteiger charge is -2.53. The quantitative estimate of drug-likeness (QED) is 0.477. The van der Waals surface area contributed by atoms with E-state index in [0.717, 1.165) is 0 Å². The Kier molecular flexibility index (Phi) is 5.51. The van der Waals surface area contributed by atoms with E-state index < -0.39 is 52.4 Å². The number of aliphatic hydroxyl groups is 1. The third-order valence-corrected chi connectivity index (χ3v) is 7.71. The van der Waals surface area contributed by atoms with E-state index in [1.165, 1.54) is 20.2 Å². The molecule has 4 aliphatic rings. The van der Waals surface area contributed by atoms with Gasteiger partial charge in [0.1, 0.15) is 18.0 Å². The highest BCUT2D eigenvalue weighted by Crippen LogP contribution is 2.62. The van der Waals surface area contributed by atoms with Crippen molar-refractivity contribution in [2.75, 3.05) is 20.8 Å². The summed E-state index contributed by atoms with van der Waals surface area (Å²) in [7, 11) is 3.05. The topological polar surface area (TPSA) is 128 Å². The number of ketones is 2. The number of nitrogens with one attached hydrogen (secondary N) is 1. The molecule has 33 heavy (non-hydrogen) atoms. The SMILES string of the molecule is CNC=C1C(=O)O[C@H](COC)[C@@]2(C)C1=C(O)C(=O)C1=C2[C@H](OC(C)=O)C[C@]2(C)C(=O)CC[C@@H]12. The van der Waals surface area contributed by atoms with Gasteiger partial charge in [0.15, 0.2) is 5.76 Å². The van der Waals surface area contributed by atoms with Crippen LogP contribution in [0, 0.1) is 16.7 Å². The van der Waals surface area contributed by atoms with Crippen molar-refractivity contribution >= 4 is 23.5 Å². The van der Waals surface area contributed by atoms with Crippen molar-refractivity contribution in [2.24, 2.45) is 16.7 Å². The maximum absolute atomic E-state index is 13.7. The summed E-state index contributed by atoms with van der Waals surface area (Å²) < 4.78 is 16.8. The number of carbonyl (C=O) groups excluding carboxylic acids is 4. The summed E-state index contributed by atoms with van der Waals surface area (Å²) in [6.45, 7) is 4.81. The molecule has 0 radical (unpaired) electrons. The van der Waals surface area contributed by atoms with Crippen LogP contribution in [-0.2, 0) is 33.4 Å². The lowest BCUT2D eigenvalue weighted by atomic mass is 9.53. The molecule has 1 aliphatic heterocycles. The van der Waals surface area contributed by atoms with Crippen LogP contribution in [0.2, 0.25) is 0 Å². The normalized spacial score (nSPS) is 36.9. The second-order valence-electron chi connectivity index (χ2n) is 9.51. The third-order valence-electron chi connectivity index (χ3n) is 7.71. The number of allylic oxidation sites excluding steroid dienone is 1. The summed E-state index contributed by atoms with van der Waals surface area (Å²) in [4.78, 5) is 51.4. The molecule has 1 saturated heterocycles. The van der Waals surface area contributed by atoms with Crippen molar-refractivity contribution in [1.29, 1.82) is 0 Å². The van der Waals surface area contributed by atoms with E-state index in [1.807, 2.05) is 0 Å². The molecule has 0 unspecified atom stereocenters. The van der Waals surface area contributed by atoms with Gasteiger partial charge in [-0.2, -0.15) is 0 Å². The number of cyclic esters (lactones) is 1. The Bertz CT molecular complexity index is 1050. The molecule has 9 heteroatoms. The average Bonchev–Trinajstić information content (AvgIpc) is 3.03. The highest BCUT2D eigenvalue weighted by Gasteiger charge is 2.64. The first kappa shape index (κ1) is 23.2. The van der Waals surface area contributed by atoms with Gasteiger partial charge in [0.25, 0.3) is 0 Å². The lowest BCUT2D eigenvalue weighted by molar-refractivity contribution is -0.160. The van der Waals surface area contributed by atoms with Gasteiger partial charge in [0.2, 0.25) is 5.78 Å². The third kappa shape index (κ3) is 3.08. The van der Waals surface area contributed by atoms with Crippen LogP contribution in [0.5, 0.6) is 0 Å². The summed E-state index contributed by atoms with van der Waals surface area (Å²) >= 11 is 0. The molecule has 0 aromatic carbocycles. The Labute approximate surface area is 191 Å². The van der Waals surface area contributed by atoms with Gasteiger partial charge in [-0.15, -0.1) is 0 Å². The number of hydrogen-bond donors (Lipinski definition) is 2. The molecule has 2 N–H and O–H groups in total. The largest absolute Gasteiger partial charge is 0.504 e. The Hall–Kier alpha value is -2.94. The van der Waals surface area contributed by atoms with E-state index in [2.05, 4.69) is 5.32 Å². The van der Waals surface area contributed by atoms with Crippen molar-refractivity contribution in [3.63, 3.8) is 0 Å². The Morgan fingerprint density at radius 2 is 2.00 bits per heavy atom. The van der Waals surface area contributed by atoms with Gasteiger partial charge in [-0.05, 0) is 18.9 Å². The predicted octanol–water partition coefficient (Wildman–Crippen LogP) is 1.68. The number of hydrogen-bond acceptors (Lipinski definition) is 9. The van der Waals surface area contributed by atoms with Crippen LogP contribution in [0.25, 0.3) is 0 Å². The predicted molar refractivity (Wildman–Crippen MR) is 115 cm³/mol. The fourth-order valence-electron chi connectivity index (χ4n) is 6.24. The average molecular weight is 459 g/mol. The van der Waals surface area contributed by atoms with Gasteiger partial charge in [0.05, 0.1) is 17.6 Å². The summed E-state index contributed by atoms with van der Waals surface area (Å²) in [5.41, 5.74) is -1.22. The molecule has 178 valence electrons. The molecule has 0 aromatic heterocycles. The number of carbonyl (C=O) groups is 4. The molecular formula is C24H29NO8. The molecule has 9 nitrogen and oxygen atoms in total. The van der Waals surface area contributed by atoms with Gasteiger partial charge >= 0.3 is 11.9 Å². The van der Waals surface area contributed by atoms with Gasteiger partial charge in [-0.1, -0.05) is 6.92 Å². The number of Topliss-reactive ketones (excluding diaryl/α,β-unsaturated/α-hetero) is 2. The van der Waals surface area contributed by atoms with Gasteiger partial charge in [-0.25, -0.2) is 4.79 Å². The molecule has 0 spiro atoms. The molecule has 1 saturated carbocycles. The molecule has 3 aliphatic carbocycles. The number of methoxy groups -OCH3 is 1. The van der Waals surface area contributed by atoms with Crippen molar-refractivity contribution in [3.8, 4) is 0 Å². The molecule has 4 rings (SSSR count). The lowest BCUT2D eigenvalue weighted by Crippen LogP contribution is -2.57. The summed E-state index contributed by atoms with van der Waals surface area (Å²) in [5.74, 6) is -2.89. The molecule has 0 bridgehead atoms. The van der Waals surface area contributed by atoms with Crippen LogP contribution in [-0.4, -0.2) is 61.6 Å². The van der Waals surface area contributed by atoms with Gasteiger partial charge < -0.3 is 24.6 Å². The van der Waals surface area contributed by atoms with E-state index in [9.17, 15) is 24.3 Å². The first-order valence-corrected chi connectivity index (χ1v) is 11.0. The second-order valence-corrected chi connectivity index (χ2v) is 9.51. The molecule has 2 fully saturated rings. The van der Waals surface area contributed by atoms with Crippen molar-refractivity contribution in [3.05, 3.63) is 34.3 Å². The minimum Gasteiger partial charge on any atom is -0.504 e. The van der Waals surface area contributed by atoms with Crippen LogP contribution in [0.3, 0.4) is 0 Å². The molecule has 0 aromatic rings. The Balaban J connectivity index is 2.04. The van der Waals surface area contributed by atoms with E-state index in [1.54, 1.807) is 20.9 Å². The van der Waals surface area contributed by atoms with Crippen molar-refractivity contribution < 1.29 is 38.5 Å². The zero-order valence-electron chi connectivity index (χ0n) is 19.4. The van der Waals surface area contributed by atoms with E-state index >= 15 is 0 Å². The number of fused-ring (bicyclic) bond motifs is 4. The standard InChI is InChI=1S/C24H29NO8/c1-11(26)32-14-8-23(2)13(6-7-15(23)27)17-19(14)24(3)16(10-31-5)33-22(30)12(9-25-4)18(24)21(29)20(17)28/h9,13-14,16,25,29H,6-8,10H2,1-5H3/t13-,14+,16+,23-,24-/m0/s1. The van der Waals surface area contributed by atoms with Crippen LogP contribution >= 0.6 is 0 Å². The number of esters is 2. The second kappa shape index (κ2) is 7.83. The number of rotatable bonds is 4. The Morgan fingerprint density at radius 1 is 1.30 bits per heavy atom. The van der Waals surface area contributed by atoms with E-state index in [-0.39, 0.29) is 35.5 Å². The zero-order valence-corrected chi connectivity index (χ0v) is 19.4. The monoisotopic (exact) mass is 459 g/mol. The molecule has 1 heterocycles. The summed E-state index contributed by atoms with van der Waals surface area (Å²) in [5, 5.41) is 14.0. The van der Waals surface area contributed by atoms with E-state index in [4.69, 9.17) is 14.2 Å². The van der Waals surface area contributed by atoms with Crippen LogP contribution in [0.1, 0.15) is 40.0 Å². The van der Waals surface area contributed by atoms with Gasteiger partial charge in [0, 0.05) is 62.6 Å². The highest BCUT2D eigenvalue weighted by molar-refractivity contribution is 6.14. The smallest absolute Gasteiger partial charge is 0.340 e. The number of ether oxygens (including phenoxy) is 3. The molecule has 0 amide bonds.